The fraction of sp³-hybridized carbons (Fsp3) is 0. The summed E-state index contributed by atoms with van der Waals surface area (Å²) in [5.74, 6) is 0.873. The standard InChI is InChI=1S/C56H37NO/c1-4-18-51-40(10-1)13-9-20-53(51)44-15-8-17-50(36-44)57(49-31-26-39(27-32-49)43-28-33-54-45(34-43)23-22-41-11-2-5-19-52(41)54)48-29-24-38(25-30-48)42-14-7-16-46(35-42)56-37-47-12-3-6-21-55(47)58-56/h1-37H. The highest BCUT2D eigenvalue weighted by molar-refractivity contribution is 6.08. The molecule has 11 aromatic rings. The number of hydrogen-bond acceptors (Lipinski definition) is 2. The molecule has 0 saturated heterocycles. The van der Waals surface area contributed by atoms with Crippen molar-refractivity contribution in [1.29, 1.82) is 0 Å². The summed E-state index contributed by atoms with van der Waals surface area (Å²) in [6.45, 7) is 0. The van der Waals surface area contributed by atoms with Crippen LogP contribution in [0.1, 0.15) is 0 Å². The Labute approximate surface area is 337 Å². The average Bonchev–Trinajstić information content (AvgIpc) is 3.74. The highest BCUT2D eigenvalue weighted by Crippen LogP contribution is 2.40. The molecule has 0 amide bonds. The summed E-state index contributed by atoms with van der Waals surface area (Å²) >= 11 is 0. The van der Waals surface area contributed by atoms with Crippen LogP contribution in [0, 0.1) is 0 Å². The Morgan fingerprint density at radius 1 is 0.276 bits per heavy atom. The predicted molar refractivity (Wildman–Crippen MR) is 245 cm³/mol. The lowest BCUT2D eigenvalue weighted by atomic mass is 9.97. The van der Waals surface area contributed by atoms with Crippen LogP contribution in [0.25, 0.3) is 88.0 Å². The summed E-state index contributed by atoms with van der Waals surface area (Å²) < 4.78 is 6.22. The lowest BCUT2D eigenvalue weighted by Crippen LogP contribution is -2.10. The first-order valence-corrected chi connectivity index (χ1v) is 19.8. The van der Waals surface area contributed by atoms with Gasteiger partial charge in [-0.3, -0.25) is 0 Å². The molecular weight excluding hydrogens is 703 g/mol. The minimum Gasteiger partial charge on any atom is -0.456 e. The maximum Gasteiger partial charge on any atom is 0.135 e. The molecule has 0 atom stereocenters. The third kappa shape index (κ3) is 6.09. The van der Waals surface area contributed by atoms with E-state index in [1.807, 2.05) is 18.2 Å². The van der Waals surface area contributed by atoms with Gasteiger partial charge >= 0.3 is 0 Å². The van der Waals surface area contributed by atoms with Gasteiger partial charge < -0.3 is 9.32 Å². The zero-order chi connectivity index (χ0) is 38.4. The van der Waals surface area contributed by atoms with E-state index in [2.05, 4.69) is 211 Å². The maximum atomic E-state index is 6.22. The minimum atomic E-state index is 0.873. The molecule has 0 unspecified atom stereocenters. The Bertz CT molecular complexity index is 3240. The summed E-state index contributed by atoms with van der Waals surface area (Å²) in [7, 11) is 0. The molecule has 0 aliphatic carbocycles. The molecule has 0 spiro atoms. The van der Waals surface area contributed by atoms with Crippen LogP contribution in [-0.2, 0) is 0 Å². The predicted octanol–water partition coefficient (Wildman–Crippen LogP) is 16.0. The van der Waals surface area contributed by atoms with Crippen LogP contribution >= 0.6 is 0 Å². The van der Waals surface area contributed by atoms with Gasteiger partial charge in [0.15, 0.2) is 0 Å². The normalized spacial score (nSPS) is 11.4. The Hall–Kier alpha value is -7.68. The summed E-state index contributed by atoms with van der Waals surface area (Å²) in [5, 5.41) is 8.66. The van der Waals surface area contributed by atoms with Gasteiger partial charge in [0.05, 0.1) is 0 Å². The summed E-state index contributed by atoms with van der Waals surface area (Å²) in [6, 6.07) is 80.8. The van der Waals surface area contributed by atoms with E-state index in [0.29, 0.717) is 0 Å². The van der Waals surface area contributed by atoms with Gasteiger partial charge in [-0.25, -0.2) is 0 Å². The molecule has 0 aliphatic rings. The molecule has 0 aliphatic heterocycles. The van der Waals surface area contributed by atoms with E-state index in [4.69, 9.17) is 4.42 Å². The number of anilines is 3. The van der Waals surface area contributed by atoms with E-state index >= 15 is 0 Å². The highest BCUT2D eigenvalue weighted by atomic mass is 16.3. The van der Waals surface area contributed by atoms with Gasteiger partial charge in [0.25, 0.3) is 0 Å². The third-order valence-corrected chi connectivity index (χ3v) is 11.4. The van der Waals surface area contributed by atoms with E-state index in [-0.39, 0.29) is 0 Å². The van der Waals surface area contributed by atoms with E-state index in [1.54, 1.807) is 0 Å². The molecule has 0 N–H and O–H groups in total. The lowest BCUT2D eigenvalue weighted by Gasteiger charge is -2.26. The molecule has 1 heterocycles. The first-order chi connectivity index (χ1) is 28.7. The number of para-hydroxylation sites is 1. The van der Waals surface area contributed by atoms with Crippen LogP contribution in [-0.4, -0.2) is 0 Å². The van der Waals surface area contributed by atoms with Gasteiger partial charge in [-0.05, 0) is 126 Å². The second-order valence-corrected chi connectivity index (χ2v) is 15.0. The van der Waals surface area contributed by atoms with E-state index in [9.17, 15) is 0 Å². The molecule has 11 rings (SSSR count). The van der Waals surface area contributed by atoms with Crippen molar-refractivity contribution in [2.45, 2.75) is 0 Å². The smallest absolute Gasteiger partial charge is 0.135 e. The fourth-order valence-corrected chi connectivity index (χ4v) is 8.51. The van der Waals surface area contributed by atoms with Crippen molar-refractivity contribution in [3.05, 3.63) is 224 Å². The zero-order valence-corrected chi connectivity index (χ0v) is 31.7. The monoisotopic (exact) mass is 739 g/mol. The van der Waals surface area contributed by atoms with Crippen LogP contribution in [0.5, 0.6) is 0 Å². The van der Waals surface area contributed by atoms with Crippen molar-refractivity contribution in [2.75, 3.05) is 4.90 Å². The molecule has 0 bridgehead atoms. The topological polar surface area (TPSA) is 16.4 Å². The fourth-order valence-electron chi connectivity index (χ4n) is 8.51. The number of fused-ring (bicyclic) bond motifs is 5. The zero-order valence-electron chi connectivity index (χ0n) is 31.7. The Morgan fingerprint density at radius 2 is 0.828 bits per heavy atom. The molecule has 10 aromatic carbocycles. The van der Waals surface area contributed by atoms with Gasteiger partial charge in [0, 0.05) is 28.0 Å². The quantitative estimate of drug-likeness (QED) is 0.151. The van der Waals surface area contributed by atoms with Crippen molar-refractivity contribution in [3.8, 4) is 44.7 Å². The number of nitrogens with zero attached hydrogens (tertiary/aromatic N) is 1. The van der Waals surface area contributed by atoms with Gasteiger partial charge in [-0.15, -0.1) is 0 Å². The molecule has 0 fully saturated rings. The van der Waals surface area contributed by atoms with Gasteiger partial charge in [0.2, 0.25) is 0 Å². The van der Waals surface area contributed by atoms with Crippen LogP contribution in [0.2, 0.25) is 0 Å². The molecule has 2 heteroatoms. The maximum absolute atomic E-state index is 6.22. The van der Waals surface area contributed by atoms with Crippen LogP contribution in [0.4, 0.5) is 17.1 Å². The van der Waals surface area contributed by atoms with Crippen LogP contribution in [0.15, 0.2) is 229 Å². The van der Waals surface area contributed by atoms with Crippen molar-refractivity contribution < 1.29 is 4.42 Å². The van der Waals surface area contributed by atoms with E-state index in [1.165, 1.54) is 54.6 Å². The largest absolute Gasteiger partial charge is 0.456 e. The van der Waals surface area contributed by atoms with E-state index < -0.39 is 0 Å². The summed E-state index contributed by atoms with van der Waals surface area (Å²) in [4.78, 5) is 2.36. The number of furan rings is 1. The number of rotatable bonds is 7. The summed E-state index contributed by atoms with van der Waals surface area (Å²) in [6.07, 6.45) is 0. The Morgan fingerprint density at radius 3 is 1.60 bits per heavy atom. The van der Waals surface area contributed by atoms with Crippen LogP contribution < -0.4 is 4.90 Å². The average molecular weight is 740 g/mol. The molecule has 272 valence electrons. The number of benzene rings is 10. The minimum absolute atomic E-state index is 0.873. The molecular formula is C56H37NO. The SMILES string of the molecule is c1cc(-c2ccc(N(c3ccc(-c4ccc5c(ccc6ccccc65)c4)cc3)c3cccc(-c4cccc5ccccc45)c3)cc2)cc(-c2cc3ccccc3o2)c1. The van der Waals surface area contributed by atoms with Gasteiger partial charge in [0.1, 0.15) is 11.3 Å². The number of hydrogen-bond donors (Lipinski definition) is 0. The third-order valence-electron chi connectivity index (χ3n) is 11.4. The first-order valence-electron chi connectivity index (χ1n) is 19.8. The molecule has 2 nitrogen and oxygen atoms in total. The van der Waals surface area contributed by atoms with Gasteiger partial charge in [-0.1, -0.05) is 164 Å². The van der Waals surface area contributed by atoms with Crippen molar-refractivity contribution in [3.63, 3.8) is 0 Å². The summed E-state index contributed by atoms with van der Waals surface area (Å²) in [5.41, 5.74) is 12.3. The van der Waals surface area contributed by atoms with Gasteiger partial charge in [-0.2, -0.15) is 0 Å². The van der Waals surface area contributed by atoms with Crippen LogP contribution in [0.3, 0.4) is 0 Å². The molecule has 0 saturated carbocycles. The highest BCUT2D eigenvalue weighted by Gasteiger charge is 2.16. The first kappa shape index (κ1) is 33.6. The second kappa shape index (κ2) is 14.1. The molecule has 1 aromatic heterocycles. The van der Waals surface area contributed by atoms with Crippen molar-refractivity contribution in [1.82, 2.24) is 0 Å². The molecule has 0 radical (unpaired) electrons. The molecule has 58 heavy (non-hydrogen) atoms. The Balaban J connectivity index is 0.977. The van der Waals surface area contributed by atoms with E-state index in [0.717, 1.165) is 50.5 Å². The second-order valence-electron chi connectivity index (χ2n) is 15.0. The Kier molecular flexibility index (Phi) is 8.19. The van der Waals surface area contributed by atoms with Crippen molar-refractivity contribution in [2.24, 2.45) is 0 Å². The van der Waals surface area contributed by atoms with Crippen molar-refractivity contribution >= 4 is 60.3 Å². The lowest BCUT2D eigenvalue weighted by molar-refractivity contribution is 0.631.